The van der Waals surface area contributed by atoms with E-state index in [9.17, 15) is 26.4 Å². The van der Waals surface area contributed by atoms with Crippen molar-refractivity contribution < 1.29 is 26.4 Å². The second kappa shape index (κ2) is 10.9. The Balaban J connectivity index is 2.13. The Labute approximate surface area is 195 Å². The number of rotatable bonds is 9. The number of alkyl halides is 3. The van der Waals surface area contributed by atoms with Gasteiger partial charge in [-0.15, -0.1) is 0 Å². The summed E-state index contributed by atoms with van der Waals surface area (Å²) in [4.78, 5) is 14.4. The second-order valence-corrected chi connectivity index (χ2v) is 9.30. The maximum absolute atomic E-state index is 13.1. The van der Waals surface area contributed by atoms with Gasteiger partial charge >= 0.3 is 6.18 Å². The molecule has 33 heavy (non-hydrogen) atoms. The summed E-state index contributed by atoms with van der Waals surface area (Å²) in [6.45, 7) is 5.03. The molecular formula is C21H24ClF3N4O3S. The molecule has 180 valence electrons. The molecule has 1 amide bonds. The fourth-order valence-electron chi connectivity index (χ4n) is 2.99. The maximum Gasteiger partial charge on any atom is 0.417 e. The number of benzene rings is 2. The zero-order chi connectivity index (χ0) is 24.8. The molecule has 0 unspecified atom stereocenters. The molecule has 0 aliphatic carbocycles. The lowest BCUT2D eigenvalue weighted by Gasteiger charge is -2.22. The number of amides is 1. The van der Waals surface area contributed by atoms with Gasteiger partial charge < -0.3 is 4.90 Å². The number of nitrogens with one attached hydrogen (secondary N) is 1. The molecular weight excluding hydrogens is 481 g/mol. The predicted molar refractivity (Wildman–Crippen MR) is 124 cm³/mol. The summed E-state index contributed by atoms with van der Waals surface area (Å²) in [6.07, 6.45) is -2.63. The Bertz CT molecular complexity index is 1100. The molecule has 7 nitrogen and oxygen atoms in total. The average molecular weight is 505 g/mol. The molecule has 2 aromatic rings. The Hall–Kier alpha value is -2.79. The lowest BCUT2D eigenvalue weighted by atomic mass is 10.2. The SMILES string of the molecule is CCN(CC)c1ccc(/C=N\NC(=O)CN(c2ccc(Cl)c(C(F)(F)F)c2)S(C)(=O)=O)cc1. The molecule has 0 aliphatic heterocycles. The Morgan fingerprint density at radius 3 is 2.18 bits per heavy atom. The van der Waals surface area contributed by atoms with Crippen LogP contribution in [0.2, 0.25) is 5.02 Å². The van der Waals surface area contributed by atoms with Crippen molar-refractivity contribution >= 4 is 45.1 Å². The molecule has 0 aromatic heterocycles. The Kier molecular flexibility index (Phi) is 8.73. The number of carbonyl (C=O) groups excluding carboxylic acids is 1. The van der Waals surface area contributed by atoms with Crippen LogP contribution in [0.15, 0.2) is 47.6 Å². The van der Waals surface area contributed by atoms with Crippen molar-refractivity contribution in [3.05, 3.63) is 58.6 Å². The van der Waals surface area contributed by atoms with Gasteiger partial charge in [-0.3, -0.25) is 9.10 Å². The minimum Gasteiger partial charge on any atom is -0.372 e. The minimum atomic E-state index is -4.79. The molecule has 0 fully saturated rings. The van der Waals surface area contributed by atoms with E-state index in [1.165, 1.54) is 6.21 Å². The van der Waals surface area contributed by atoms with Crippen LogP contribution in [0, 0.1) is 0 Å². The van der Waals surface area contributed by atoms with Crippen LogP contribution in [0.1, 0.15) is 25.0 Å². The molecule has 0 aliphatic rings. The van der Waals surface area contributed by atoms with E-state index in [1.807, 2.05) is 26.0 Å². The van der Waals surface area contributed by atoms with Crippen LogP contribution in [0.4, 0.5) is 24.5 Å². The van der Waals surface area contributed by atoms with E-state index in [4.69, 9.17) is 11.6 Å². The van der Waals surface area contributed by atoms with Crippen LogP contribution < -0.4 is 14.6 Å². The molecule has 0 spiro atoms. The summed E-state index contributed by atoms with van der Waals surface area (Å²) in [5, 5.41) is 3.21. The van der Waals surface area contributed by atoms with Crippen LogP contribution in [0.5, 0.6) is 0 Å². The van der Waals surface area contributed by atoms with E-state index in [0.717, 1.165) is 37.2 Å². The zero-order valence-electron chi connectivity index (χ0n) is 18.2. The molecule has 0 saturated heterocycles. The standard InChI is InChI=1S/C21H24ClF3N4O3S/c1-4-28(5-2)16-8-6-15(7-9-16)13-26-27-20(30)14-29(33(3,31)32)17-10-11-19(22)18(12-17)21(23,24)25/h6-13H,4-5,14H2,1-3H3,(H,27,30)/b26-13-. The van der Waals surface area contributed by atoms with E-state index in [-0.39, 0.29) is 5.69 Å². The number of anilines is 2. The van der Waals surface area contributed by atoms with E-state index in [2.05, 4.69) is 15.4 Å². The number of hydrogen-bond donors (Lipinski definition) is 1. The second-order valence-electron chi connectivity index (χ2n) is 6.99. The van der Waals surface area contributed by atoms with E-state index in [0.29, 0.717) is 15.9 Å². The van der Waals surface area contributed by atoms with Crippen LogP contribution >= 0.6 is 11.6 Å². The summed E-state index contributed by atoms with van der Waals surface area (Å²) in [6, 6.07) is 10.0. The first-order valence-electron chi connectivity index (χ1n) is 9.88. The van der Waals surface area contributed by atoms with Crippen LogP contribution in [0.3, 0.4) is 0 Å². The van der Waals surface area contributed by atoms with Gasteiger partial charge in [-0.1, -0.05) is 23.7 Å². The van der Waals surface area contributed by atoms with E-state index >= 15 is 0 Å². The first kappa shape index (κ1) is 26.5. The summed E-state index contributed by atoms with van der Waals surface area (Å²) in [5.41, 5.74) is 2.36. The highest BCUT2D eigenvalue weighted by molar-refractivity contribution is 7.92. The topological polar surface area (TPSA) is 82.1 Å². The smallest absolute Gasteiger partial charge is 0.372 e. The van der Waals surface area contributed by atoms with E-state index < -0.39 is 39.2 Å². The van der Waals surface area contributed by atoms with Crippen molar-refractivity contribution in [2.75, 3.05) is 35.1 Å². The molecule has 0 radical (unpaired) electrons. The van der Waals surface area contributed by atoms with Crippen LogP contribution in [-0.4, -0.2) is 46.4 Å². The molecule has 2 aromatic carbocycles. The molecule has 0 heterocycles. The van der Waals surface area contributed by atoms with Gasteiger partial charge in [0.2, 0.25) is 10.0 Å². The molecule has 0 atom stereocenters. The highest BCUT2D eigenvalue weighted by Gasteiger charge is 2.34. The largest absolute Gasteiger partial charge is 0.417 e. The molecule has 0 saturated carbocycles. The highest BCUT2D eigenvalue weighted by Crippen LogP contribution is 2.37. The average Bonchev–Trinajstić information content (AvgIpc) is 2.73. The highest BCUT2D eigenvalue weighted by atomic mass is 35.5. The number of hydrazone groups is 1. The third kappa shape index (κ3) is 7.36. The van der Waals surface area contributed by atoms with Gasteiger partial charge in [-0.2, -0.15) is 18.3 Å². The third-order valence-corrected chi connectivity index (χ3v) is 6.13. The maximum atomic E-state index is 13.1. The van der Waals surface area contributed by atoms with Gasteiger partial charge in [-0.25, -0.2) is 13.8 Å². The fourth-order valence-corrected chi connectivity index (χ4v) is 4.06. The summed E-state index contributed by atoms with van der Waals surface area (Å²) < 4.78 is 64.2. The van der Waals surface area contributed by atoms with Crippen molar-refractivity contribution in [3.63, 3.8) is 0 Å². The van der Waals surface area contributed by atoms with Gasteiger partial charge in [-0.05, 0) is 49.7 Å². The quantitative estimate of drug-likeness (QED) is 0.411. The molecule has 1 N–H and O–H groups in total. The summed E-state index contributed by atoms with van der Waals surface area (Å²) >= 11 is 5.59. The number of halogens is 4. The van der Waals surface area contributed by atoms with Gasteiger partial charge in [0.15, 0.2) is 0 Å². The van der Waals surface area contributed by atoms with Crippen molar-refractivity contribution in [1.29, 1.82) is 0 Å². The van der Waals surface area contributed by atoms with Gasteiger partial charge in [0.25, 0.3) is 5.91 Å². The summed E-state index contributed by atoms with van der Waals surface area (Å²) in [7, 11) is -4.08. The lowest BCUT2D eigenvalue weighted by molar-refractivity contribution is -0.137. The number of sulfonamides is 1. The predicted octanol–water partition coefficient (Wildman–Crippen LogP) is 4.12. The first-order valence-corrected chi connectivity index (χ1v) is 12.1. The summed E-state index contributed by atoms with van der Waals surface area (Å²) in [5.74, 6) is -0.833. The Morgan fingerprint density at radius 1 is 1.09 bits per heavy atom. The zero-order valence-corrected chi connectivity index (χ0v) is 19.8. The van der Waals surface area contributed by atoms with Crippen molar-refractivity contribution in [1.82, 2.24) is 5.43 Å². The molecule has 0 bridgehead atoms. The van der Waals surface area contributed by atoms with Gasteiger partial charge in [0.1, 0.15) is 6.54 Å². The van der Waals surface area contributed by atoms with Gasteiger partial charge in [0.05, 0.1) is 28.7 Å². The fraction of sp³-hybridized carbons (Fsp3) is 0.333. The lowest BCUT2D eigenvalue weighted by Crippen LogP contribution is -2.39. The third-order valence-electron chi connectivity index (χ3n) is 4.66. The molecule has 12 heteroatoms. The monoisotopic (exact) mass is 504 g/mol. The van der Waals surface area contributed by atoms with Crippen molar-refractivity contribution in [2.45, 2.75) is 20.0 Å². The van der Waals surface area contributed by atoms with Crippen molar-refractivity contribution in [2.24, 2.45) is 5.10 Å². The number of hydrogen-bond acceptors (Lipinski definition) is 5. The molecule has 2 rings (SSSR count). The number of nitrogens with zero attached hydrogens (tertiary/aromatic N) is 3. The van der Waals surface area contributed by atoms with E-state index in [1.54, 1.807) is 12.1 Å². The van der Waals surface area contributed by atoms with Crippen LogP contribution in [0.25, 0.3) is 0 Å². The Morgan fingerprint density at radius 2 is 1.67 bits per heavy atom. The minimum absolute atomic E-state index is 0.347. The van der Waals surface area contributed by atoms with Crippen molar-refractivity contribution in [3.8, 4) is 0 Å². The van der Waals surface area contributed by atoms with Gasteiger partial charge in [0, 0.05) is 18.8 Å². The first-order chi connectivity index (χ1) is 15.4. The normalized spacial score (nSPS) is 12.1. The van der Waals surface area contributed by atoms with Crippen LogP contribution in [-0.2, 0) is 21.0 Å². The number of carbonyl (C=O) groups is 1.